The summed E-state index contributed by atoms with van der Waals surface area (Å²) < 4.78 is 5.83. The summed E-state index contributed by atoms with van der Waals surface area (Å²) in [7, 11) is 0. The molecule has 1 atom stereocenters. The first-order valence-corrected chi connectivity index (χ1v) is 8.20. The molecule has 0 saturated carbocycles. The standard InChI is InChI=1S/C17H21ClN2O2/c1-3-9-20(12-7-8-19-10-12)17(21)15-11(2)13-5-4-6-14(18)16(13)22-15/h4-6,12,19H,3,7-10H2,1-2H3. The molecular formula is C17H21ClN2O2. The zero-order valence-electron chi connectivity index (χ0n) is 13.0. The zero-order chi connectivity index (χ0) is 15.7. The largest absolute Gasteiger partial charge is 0.449 e. The van der Waals surface area contributed by atoms with Crippen molar-refractivity contribution in [3.8, 4) is 0 Å². The number of amides is 1. The summed E-state index contributed by atoms with van der Waals surface area (Å²) in [4.78, 5) is 14.9. The summed E-state index contributed by atoms with van der Waals surface area (Å²) in [5, 5.41) is 4.78. The monoisotopic (exact) mass is 320 g/mol. The fraction of sp³-hybridized carbons (Fsp3) is 0.471. The number of halogens is 1. The number of para-hydroxylation sites is 1. The molecule has 0 radical (unpaired) electrons. The summed E-state index contributed by atoms with van der Waals surface area (Å²) in [6.07, 6.45) is 1.92. The normalized spacial score (nSPS) is 18.0. The van der Waals surface area contributed by atoms with Gasteiger partial charge in [0, 0.05) is 30.1 Å². The fourth-order valence-corrected chi connectivity index (χ4v) is 3.35. The van der Waals surface area contributed by atoms with Crippen molar-refractivity contribution in [1.82, 2.24) is 10.2 Å². The van der Waals surface area contributed by atoms with Gasteiger partial charge in [-0.15, -0.1) is 0 Å². The Hall–Kier alpha value is -1.52. The highest BCUT2D eigenvalue weighted by Gasteiger charge is 2.30. The number of rotatable bonds is 4. The minimum Gasteiger partial charge on any atom is -0.449 e. The van der Waals surface area contributed by atoms with Gasteiger partial charge < -0.3 is 14.6 Å². The topological polar surface area (TPSA) is 45.5 Å². The Morgan fingerprint density at radius 1 is 1.50 bits per heavy atom. The van der Waals surface area contributed by atoms with Crippen molar-refractivity contribution in [2.24, 2.45) is 0 Å². The Bertz CT molecular complexity index is 689. The van der Waals surface area contributed by atoms with Gasteiger partial charge in [0.15, 0.2) is 11.3 Å². The highest BCUT2D eigenvalue weighted by Crippen LogP contribution is 2.31. The number of benzene rings is 1. The lowest BCUT2D eigenvalue weighted by atomic mass is 10.1. The lowest BCUT2D eigenvalue weighted by Gasteiger charge is -2.27. The number of hydrogen-bond donors (Lipinski definition) is 1. The average Bonchev–Trinajstić information content (AvgIpc) is 3.14. The van der Waals surface area contributed by atoms with Crippen molar-refractivity contribution in [3.05, 3.63) is 34.5 Å². The van der Waals surface area contributed by atoms with E-state index < -0.39 is 0 Å². The third kappa shape index (κ3) is 2.61. The maximum Gasteiger partial charge on any atom is 0.290 e. The molecule has 1 aromatic heterocycles. The van der Waals surface area contributed by atoms with Gasteiger partial charge in [0.1, 0.15) is 0 Å². The van der Waals surface area contributed by atoms with Gasteiger partial charge in [0.25, 0.3) is 5.91 Å². The van der Waals surface area contributed by atoms with Gasteiger partial charge in [-0.05, 0) is 32.4 Å². The molecule has 1 fully saturated rings. The molecule has 118 valence electrons. The summed E-state index contributed by atoms with van der Waals surface area (Å²) in [6, 6.07) is 5.85. The van der Waals surface area contributed by atoms with Gasteiger partial charge in [-0.25, -0.2) is 0 Å². The molecule has 4 nitrogen and oxygen atoms in total. The van der Waals surface area contributed by atoms with Gasteiger partial charge in [-0.1, -0.05) is 30.7 Å². The van der Waals surface area contributed by atoms with Crippen molar-refractivity contribution in [2.45, 2.75) is 32.7 Å². The third-order valence-electron chi connectivity index (χ3n) is 4.31. The molecule has 1 amide bonds. The minimum atomic E-state index is -0.0275. The van der Waals surface area contributed by atoms with E-state index in [1.807, 2.05) is 24.0 Å². The van der Waals surface area contributed by atoms with E-state index in [0.717, 1.165) is 43.4 Å². The minimum absolute atomic E-state index is 0.0275. The molecule has 1 unspecified atom stereocenters. The van der Waals surface area contributed by atoms with E-state index in [1.165, 1.54) is 0 Å². The van der Waals surface area contributed by atoms with Crippen LogP contribution in [-0.4, -0.2) is 36.5 Å². The molecule has 0 aliphatic carbocycles. The van der Waals surface area contributed by atoms with Crippen molar-refractivity contribution in [1.29, 1.82) is 0 Å². The quantitative estimate of drug-likeness (QED) is 0.936. The third-order valence-corrected chi connectivity index (χ3v) is 4.61. The first-order valence-electron chi connectivity index (χ1n) is 7.82. The molecule has 5 heteroatoms. The molecule has 1 N–H and O–H groups in total. The number of nitrogens with one attached hydrogen (secondary N) is 1. The molecule has 2 aromatic rings. The molecular weight excluding hydrogens is 300 g/mol. The van der Waals surface area contributed by atoms with Crippen LogP contribution in [0.4, 0.5) is 0 Å². The SMILES string of the molecule is CCCN(C(=O)c1oc2c(Cl)cccc2c1C)C1CCNC1. The molecule has 22 heavy (non-hydrogen) atoms. The zero-order valence-corrected chi connectivity index (χ0v) is 13.7. The van der Waals surface area contributed by atoms with E-state index in [2.05, 4.69) is 12.2 Å². The number of carbonyl (C=O) groups is 1. The van der Waals surface area contributed by atoms with Crippen LogP contribution in [0.25, 0.3) is 11.0 Å². The Morgan fingerprint density at radius 2 is 2.32 bits per heavy atom. The van der Waals surface area contributed by atoms with Crippen LogP contribution in [0, 0.1) is 6.92 Å². The lowest BCUT2D eigenvalue weighted by molar-refractivity contribution is 0.0661. The van der Waals surface area contributed by atoms with Crippen LogP contribution >= 0.6 is 11.6 Å². The summed E-state index contributed by atoms with van der Waals surface area (Å²) in [6.45, 7) is 6.57. The van der Waals surface area contributed by atoms with E-state index in [9.17, 15) is 4.79 Å². The second kappa shape index (κ2) is 6.31. The van der Waals surface area contributed by atoms with Crippen molar-refractivity contribution in [2.75, 3.05) is 19.6 Å². The fourth-order valence-electron chi connectivity index (χ4n) is 3.14. The Balaban J connectivity index is 1.99. The summed E-state index contributed by atoms with van der Waals surface area (Å²) >= 11 is 6.19. The van der Waals surface area contributed by atoms with E-state index in [0.29, 0.717) is 16.4 Å². The second-order valence-electron chi connectivity index (χ2n) is 5.82. The Labute approximate surface area is 135 Å². The molecule has 1 aliphatic heterocycles. The number of fused-ring (bicyclic) bond motifs is 1. The second-order valence-corrected chi connectivity index (χ2v) is 6.23. The van der Waals surface area contributed by atoms with E-state index in [1.54, 1.807) is 6.07 Å². The maximum absolute atomic E-state index is 13.0. The van der Waals surface area contributed by atoms with Crippen LogP contribution in [0.3, 0.4) is 0 Å². The number of aryl methyl sites for hydroxylation is 1. The van der Waals surface area contributed by atoms with Gasteiger partial charge in [-0.3, -0.25) is 4.79 Å². The van der Waals surface area contributed by atoms with Crippen LogP contribution in [0.5, 0.6) is 0 Å². The lowest BCUT2D eigenvalue weighted by Crippen LogP contribution is -2.42. The predicted octanol–water partition coefficient (Wildman–Crippen LogP) is 3.61. The van der Waals surface area contributed by atoms with Crippen LogP contribution in [0.15, 0.2) is 22.6 Å². The molecule has 1 aromatic carbocycles. The number of hydrogen-bond acceptors (Lipinski definition) is 3. The highest BCUT2D eigenvalue weighted by molar-refractivity contribution is 6.35. The van der Waals surface area contributed by atoms with Crippen LogP contribution in [0.1, 0.15) is 35.9 Å². The van der Waals surface area contributed by atoms with E-state index >= 15 is 0 Å². The molecule has 1 saturated heterocycles. The summed E-state index contributed by atoms with van der Waals surface area (Å²) in [5.41, 5.74) is 1.47. The van der Waals surface area contributed by atoms with Crippen molar-refractivity contribution in [3.63, 3.8) is 0 Å². The smallest absolute Gasteiger partial charge is 0.290 e. The van der Waals surface area contributed by atoms with Crippen molar-refractivity contribution < 1.29 is 9.21 Å². The Morgan fingerprint density at radius 3 is 2.95 bits per heavy atom. The molecule has 3 rings (SSSR count). The van der Waals surface area contributed by atoms with Crippen LogP contribution in [-0.2, 0) is 0 Å². The molecule has 1 aliphatic rings. The molecule has 0 bridgehead atoms. The molecule has 0 spiro atoms. The molecule has 2 heterocycles. The van der Waals surface area contributed by atoms with Gasteiger partial charge >= 0.3 is 0 Å². The van der Waals surface area contributed by atoms with Crippen LogP contribution in [0.2, 0.25) is 5.02 Å². The Kier molecular flexibility index (Phi) is 4.41. The number of furan rings is 1. The van der Waals surface area contributed by atoms with E-state index in [4.69, 9.17) is 16.0 Å². The predicted molar refractivity (Wildman–Crippen MR) is 88.6 cm³/mol. The first kappa shape index (κ1) is 15.4. The van der Waals surface area contributed by atoms with Crippen LogP contribution < -0.4 is 5.32 Å². The van der Waals surface area contributed by atoms with Gasteiger partial charge in [0.2, 0.25) is 0 Å². The number of carbonyl (C=O) groups excluding carboxylic acids is 1. The summed E-state index contributed by atoms with van der Waals surface area (Å²) in [5.74, 6) is 0.392. The van der Waals surface area contributed by atoms with Crippen molar-refractivity contribution >= 4 is 28.5 Å². The number of nitrogens with zero attached hydrogens (tertiary/aromatic N) is 1. The highest BCUT2D eigenvalue weighted by atomic mass is 35.5. The average molecular weight is 321 g/mol. The van der Waals surface area contributed by atoms with E-state index in [-0.39, 0.29) is 11.9 Å². The maximum atomic E-state index is 13.0. The van der Waals surface area contributed by atoms with Gasteiger partial charge in [0.05, 0.1) is 5.02 Å². The van der Waals surface area contributed by atoms with Gasteiger partial charge in [-0.2, -0.15) is 0 Å². The first-order chi connectivity index (χ1) is 10.6.